The third kappa shape index (κ3) is 1.60. The molecule has 1 aromatic heterocycles. The first-order valence-corrected chi connectivity index (χ1v) is 5.55. The van der Waals surface area contributed by atoms with Crippen LogP contribution in [-0.2, 0) is 6.54 Å². The fraction of sp³-hybridized carbons (Fsp3) is 0.250. The number of benzene rings is 1. The van der Waals surface area contributed by atoms with Crippen LogP contribution in [0.25, 0.3) is 0 Å². The van der Waals surface area contributed by atoms with Crippen LogP contribution in [-0.4, -0.2) is 20.7 Å². The van der Waals surface area contributed by atoms with E-state index in [2.05, 4.69) is 22.2 Å². The molecule has 0 bridgehead atoms. The Hall–Kier alpha value is -2.17. The number of aryl methyl sites for hydroxylation is 1. The molecule has 0 saturated heterocycles. The smallest absolute Gasteiger partial charge is 0.288 e. The molecule has 3 rings (SSSR count). The maximum atomic E-state index is 11.0. The van der Waals surface area contributed by atoms with Crippen molar-refractivity contribution < 1.29 is 4.79 Å². The van der Waals surface area contributed by atoms with E-state index < -0.39 is 5.91 Å². The van der Waals surface area contributed by atoms with Crippen molar-refractivity contribution in [2.75, 3.05) is 0 Å². The highest BCUT2D eigenvalue weighted by Gasteiger charge is 2.28. The third-order valence-corrected chi connectivity index (χ3v) is 3.06. The van der Waals surface area contributed by atoms with Crippen molar-refractivity contribution in [3.8, 4) is 0 Å². The van der Waals surface area contributed by atoms with E-state index in [0.717, 1.165) is 18.8 Å². The molecule has 1 aliphatic heterocycles. The second-order valence-corrected chi connectivity index (χ2v) is 4.13. The number of amides is 1. The molecule has 2 heterocycles. The van der Waals surface area contributed by atoms with E-state index in [1.807, 2.05) is 18.2 Å². The van der Waals surface area contributed by atoms with Gasteiger partial charge in [0.05, 0.1) is 0 Å². The van der Waals surface area contributed by atoms with Crippen molar-refractivity contribution in [3.63, 3.8) is 0 Å². The number of carbonyl (C=O) groups is 1. The first kappa shape index (κ1) is 10.0. The fourth-order valence-electron chi connectivity index (χ4n) is 2.26. The molecule has 2 N–H and O–H groups in total. The van der Waals surface area contributed by atoms with Gasteiger partial charge in [0.1, 0.15) is 5.82 Å². The van der Waals surface area contributed by atoms with Crippen molar-refractivity contribution in [1.82, 2.24) is 14.8 Å². The van der Waals surface area contributed by atoms with Crippen LogP contribution in [0.1, 0.15) is 34.3 Å². The summed E-state index contributed by atoms with van der Waals surface area (Å²) in [5, 5.41) is 4.10. The van der Waals surface area contributed by atoms with Crippen LogP contribution < -0.4 is 5.73 Å². The molecule has 0 fully saturated rings. The van der Waals surface area contributed by atoms with Gasteiger partial charge in [0.25, 0.3) is 5.91 Å². The zero-order valence-electron chi connectivity index (χ0n) is 9.21. The Balaban J connectivity index is 2.01. The normalized spacial score (nSPS) is 18.0. The van der Waals surface area contributed by atoms with Crippen LogP contribution in [0.4, 0.5) is 0 Å². The Morgan fingerprint density at radius 3 is 2.82 bits per heavy atom. The first-order chi connectivity index (χ1) is 8.25. The lowest BCUT2D eigenvalue weighted by molar-refractivity contribution is 0.0990. The first-order valence-electron chi connectivity index (χ1n) is 5.55. The van der Waals surface area contributed by atoms with Gasteiger partial charge in [0.15, 0.2) is 0 Å². The quantitative estimate of drug-likeness (QED) is 0.830. The van der Waals surface area contributed by atoms with Gasteiger partial charge in [-0.15, -0.1) is 5.10 Å². The lowest BCUT2D eigenvalue weighted by Crippen LogP contribution is -2.14. The average Bonchev–Trinajstić information content (AvgIpc) is 2.89. The Bertz CT molecular complexity index is 561. The van der Waals surface area contributed by atoms with E-state index >= 15 is 0 Å². The minimum atomic E-state index is -0.571. The van der Waals surface area contributed by atoms with Gasteiger partial charge in [-0.05, 0) is 12.0 Å². The zero-order valence-corrected chi connectivity index (χ0v) is 9.21. The van der Waals surface area contributed by atoms with Gasteiger partial charge in [0, 0.05) is 12.5 Å². The van der Waals surface area contributed by atoms with Gasteiger partial charge in [-0.3, -0.25) is 4.79 Å². The average molecular weight is 228 g/mol. The molecule has 2 aromatic rings. The van der Waals surface area contributed by atoms with Gasteiger partial charge in [-0.25, -0.2) is 9.67 Å². The Morgan fingerprint density at radius 2 is 2.12 bits per heavy atom. The number of nitrogens with two attached hydrogens (primary N) is 1. The van der Waals surface area contributed by atoms with E-state index in [0.29, 0.717) is 0 Å². The molecule has 0 radical (unpaired) electrons. The monoisotopic (exact) mass is 228 g/mol. The molecule has 86 valence electrons. The molecular weight excluding hydrogens is 216 g/mol. The van der Waals surface area contributed by atoms with Crippen molar-refractivity contribution >= 4 is 5.91 Å². The predicted molar refractivity (Wildman–Crippen MR) is 61.4 cm³/mol. The van der Waals surface area contributed by atoms with Crippen LogP contribution in [0, 0.1) is 0 Å². The summed E-state index contributed by atoms with van der Waals surface area (Å²) in [7, 11) is 0. The Morgan fingerprint density at radius 1 is 1.35 bits per heavy atom. The van der Waals surface area contributed by atoms with Crippen LogP contribution >= 0.6 is 0 Å². The van der Waals surface area contributed by atoms with Crippen LogP contribution in [0.3, 0.4) is 0 Å². The van der Waals surface area contributed by atoms with Gasteiger partial charge < -0.3 is 5.73 Å². The maximum Gasteiger partial charge on any atom is 0.288 e. The SMILES string of the molecule is NC(=O)c1nc2n(n1)CCC2c1ccccc1. The predicted octanol–water partition coefficient (Wildman–Crippen LogP) is 0.913. The molecule has 1 aromatic carbocycles. The molecule has 0 saturated carbocycles. The topological polar surface area (TPSA) is 73.8 Å². The highest BCUT2D eigenvalue weighted by molar-refractivity contribution is 5.88. The molecule has 1 unspecified atom stereocenters. The number of nitrogens with zero attached hydrogens (tertiary/aromatic N) is 3. The third-order valence-electron chi connectivity index (χ3n) is 3.06. The minimum absolute atomic E-state index is 0.112. The summed E-state index contributed by atoms with van der Waals surface area (Å²) in [6.45, 7) is 0.787. The molecule has 0 spiro atoms. The summed E-state index contributed by atoms with van der Waals surface area (Å²) in [6.07, 6.45) is 0.971. The molecule has 0 aliphatic carbocycles. The summed E-state index contributed by atoms with van der Waals surface area (Å²) in [6, 6.07) is 10.1. The molecule has 5 nitrogen and oxygen atoms in total. The number of primary amides is 1. The van der Waals surface area contributed by atoms with Gasteiger partial charge >= 0.3 is 0 Å². The van der Waals surface area contributed by atoms with E-state index in [1.54, 1.807) is 4.68 Å². The Kier molecular flexibility index (Phi) is 2.18. The second-order valence-electron chi connectivity index (χ2n) is 4.13. The van der Waals surface area contributed by atoms with E-state index in [-0.39, 0.29) is 11.7 Å². The molecular formula is C12H12N4O. The second kappa shape index (κ2) is 3.69. The summed E-state index contributed by atoms with van der Waals surface area (Å²) >= 11 is 0. The highest BCUT2D eigenvalue weighted by atomic mass is 16.1. The molecule has 5 heteroatoms. The summed E-state index contributed by atoms with van der Waals surface area (Å²) < 4.78 is 1.78. The standard InChI is InChI=1S/C12H12N4O/c13-10(17)11-14-12-9(6-7-16(12)15-11)8-4-2-1-3-5-8/h1-5,9H,6-7H2,(H2,13,17). The lowest BCUT2D eigenvalue weighted by atomic mass is 9.97. The summed E-state index contributed by atoms with van der Waals surface area (Å²) in [5.41, 5.74) is 6.39. The number of rotatable bonds is 2. The number of aromatic nitrogens is 3. The molecule has 1 amide bonds. The minimum Gasteiger partial charge on any atom is -0.363 e. The van der Waals surface area contributed by atoms with Crippen LogP contribution in [0.2, 0.25) is 0 Å². The number of hydrogen-bond donors (Lipinski definition) is 1. The Labute approximate surface area is 98.3 Å². The van der Waals surface area contributed by atoms with E-state index in [4.69, 9.17) is 5.73 Å². The number of fused-ring (bicyclic) bond motifs is 1. The molecule has 1 aliphatic rings. The molecule has 17 heavy (non-hydrogen) atoms. The zero-order chi connectivity index (χ0) is 11.8. The van der Waals surface area contributed by atoms with Crippen LogP contribution in [0.5, 0.6) is 0 Å². The van der Waals surface area contributed by atoms with E-state index in [9.17, 15) is 4.79 Å². The van der Waals surface area contributed by atoms with Gasteiger partial charge in [0.2, 0.25) is 5.82 Å². The lowest BCUT2D eigenvalue weighted by Gasteiger charge is -2.07. The van der Waals surface area contributed by atoms with E-state index in [1.165, 1.54) is 5.56 Å². The maximum absolute atomic E-state index is 11.0. The van der Waals surface area contributed by atoms with Crippen molar-refractivity contribution in [3.05, 3.63) is 47.5 Å². The number of carbonyl (C=O) groups excluding carboxylic acids is 1. The highest BCUT2D eigenvalue weighted by Crippen LogP contribution is 2.32. The van der Waals surface area contributed by atoms with Gasteiger partial charge in [-0.2, -0.15) is 0 Å². The fourth-order valence-corrected chi connectivity index (χ4v) is 2.26. The largest absolute Gasteiger partial charge is 0.363 e. The van der Waals surface area contributed by atoms with Crippen molar-refractivity contribution in [2.24, 2.45) is 5.73 Å². The number of hydrogen-bond acceptors (Lipinski definition) is 3. The van der Waals surface area contributed by atoms with Crippen molar-refractivity contribution in [1.29, 1.82) is 0 Å². The summed E-state index contributed by atoms with van der Waals surface area (Å²) in [4.78, 5) is 15.3. The van der Waals surface area contributed by atoms with Crippen molar-refractivity contribution in [2.45, 2.75) is 18.9 Å². The van der Waals surface area contributed by atoms with Gasteiger partial charge in [-0.1, -0.05) is 30.3 Å². The molecule has 1 atom stereocenters. The summed E-state index contributed by atoms with van der Waals surface area (Å²) in [5.74, 6) is 0.598. The van der Waals surface area contributed by atoms with Crippen LogP contribution in [0.15, 0.2) is 30.3 Å².